The van der Waals surface area contributed by atoms with E-state index in [1.54, 1.807) is 0 Å². The zero-order chi connectivity index (χ0) is 19.8. The van der Waals surface area contributed by atoms with Crippen LogP contribution in [0, 0.1) is 5.92 Å². The van der Waals surface area contributed by atoms with Crippen molar-refractivity contribution in [1.29, 1.82) is 0 Å². The van der Waals surface area contributed by atoms with Gasteiger partial charge in [-0.2, -0.15) is 0 Å². The fourth-order valence-electron chi connectivity index (χ4n) is 3.09. The van der Waals surface area contributed by atoms with Crippen LogP contribution in [0.1, 0.15) is 30.9 Å². The summed E-state index contributed by atoms with van der Waals surface area (Å²) >= 11 is 0. The van der Waals surface area contributed by atoms with Crippen molar-refractivity contribution in [2.45, 2.75) is 26.4 Å². The first-order valence-corrected chi connectivity index (χ1v) is 9.63. The monoisotopic (exact) mass is 381 g/mol. The molecule has 0 saturated carbocycles. The summed E-state index contributed by atoms with van der Waals surface area (Å²) < 4.78 is 5.89. The number of benzene rings is 2. The summed E-state index contributed by atoms with van der Waals surface area (Å²) in [5, 5.41) is 3.93. The minimum Gasteiger partial charge on any atom is -0.488 e. The molecule has 1 amide bonds. The number of nitrogens with two attached hydrogens (primary N) is 1. The van der Waals surface area contributed by atoms with E-state index in [0.717, 1.165) is 31.5 Å². The molecule has 1 aliphatic heterocycles. The molecule has 0 aliphatic carbocycles. The van der Waals surface area contributed by atoms with Gasteiger partial charge < -0.3 is 20.2 Å². The summed E-state index contributed by atoms with van der Waals surface area (Å²) in [6, 6.07) is 17.3. The normalized spacial score (nSPS) is 15.3. The Hall–Kier alpha value is -3.02. The van der Waals surface area contributed by atoms with Crippen molar-refractivity contribution in [1.82, 2.24) is 4.90 Å². The Kier molecular flexibility index (Phi) is 6.89. The molecule has 148 valence electrons. The first-order valence-electron chi connectivity index (χ1n) is 9.63. The Morgan fingerprint density at radius 2 is 1.79 bits per heavy atom. The highest BCUT2D eigenvalue weighted by atomic mass is 16.6. The molecule has 0 unspecified atom stereocenters. The fraction of sp³-hybridized carbons (Fsp3) is 0.364. The lowest BCUT2D eigenvalue weighted by molar-refractivity contribution is -0.137. The standard InChI is InChI=1S/C22H27N3O3/c1-17-11-13-25(14-12-17)21(26)16-28-24-22(23)19-9-5-6-10-20(19)27-15-18-7-3-2-4-8-18/h2-10,17H,11-16H2,1H3,(H2,23,24). The van der Waals surface area contributed by atoms with Crippen LogP contribution in [-0.2, 0) is 16.2 Å². The summed E-state index contributed by atoms with van der Waals surface area (Å²) in [7, 11) is 0. The number of amidine groups is 1. The molecule has 3 rings (SSSR count). The molecular formula is C22H27N3O3. The van der Waals surface area contributed by atoms with Crippen LogP contribution in [-0.4, -0.2) is 36.3 Å². The third-order valence-corrected chi connectivity index (χ3v) is 4.89. The number of rotatable bonds is 7. The Morgan fingerprint density at radius 1 is 1.11 bits per heavy atom. The molecular weight excluding hydrogens is 354 g/mol. The number of hydrogen-bond donors (Lipinski definition) is 1. The lowest BCUT2D eigenvalue weighted by Gasteiger charge is -2.29. The van der Waals surface area contributed by atoms with Gasteiger partial charge in [-0.3, -0.25) is 4.79 Å². The fourth-order valence-corrected chi connectivity index (χ4v) is 3.09. The average molecular weight is 381 g/mol. The van der Waals surface area contributed by atoms with Crippen molar-refractivity contribution in [3.05, 3.63) is 65.7 Å². The van der Waals surface area contributed by atoms with E-state index in [4.69, 9.17) is 15.3 Å². The number of carbonyl (C=O) groups is 1. The van der Waals surface area contributed by atoms with Gasteiger partial charge in [-0.25, -0.2) is 0 Å². The number of likely N-dealkylation sites (tertiary alicyclic amines) is 1. The minimum absolute atomic E-state index is 0.0583. The minimum atomic E-state index is -0.109. The molecule has 6 heteroatoms. The van der Waals surface area contributed by atoms with Gasteiger partial charge in [0.1, 0.15) is 12.4 Å². The Bertz CT molecular complexity index is 800. The number of carbonyl (C=O) groups excluding carboxylic acids is 1. The van der Waals surface area contributed by atoms with Crippen LogP contribution >= 0.6 is 0 Å². The van der Waals surface area contributed by atoms with E-state index in [-0.39, 0.29) is 18.3 Å². The molecule has 28 heavy (non-hydrogen) atoms. The van der Waals surface area contributed by atoms with Crippen LogP contribution in [0.3, 0.4) is 0 Å². The number of nitrogens with zero attached hydrogens (tertiary/aromatic N) is 2. The predicted molar refractivity (Wildman–Crippen MR) is 109 cm³/mol. The molecule has 0 aromatic heterocycles. The number of piperidine rings is 1. The highest BCUT2D eigenvalue weighted by Crippen LogP contribution is 2.19. The van der Waals surface area contributed by atoms with Crippen molar-refractivity contribution >= 4 is 11.7 Å². The van der Waals surface area contributed by atoms with Gasteiger partial charge in [-0.15, -0.1) is 0 Å². The number of ether oxygens (including phenoxy) is 1. The van der Waals surface area contributed by atoms with Crippen LogP contribution in [0.2, 0.25) is 0 Å². The smallest absolute Gasteiger partial charge is 0.263 e. The van der Waals surface area contributed by atoms with Crippen LogP contribution < -0.4 is 10.5 Å². The summed E-state index contributed by atoms with van der Waals surface area (Å²) in [6.07, 6.45) is 2.06. The maximum absolute atomic E-state index is 12.2. The quantitative estimate of drug-likeness (QED) is 0.454. The van der Waals surface area contributed by atoms with Crippen LogP contribution in [0.25, 0.3) is 0 Å². The van der Waals surface area contributed by atoms with E-state index >= 15 is 0 Å². The van der Waals surface area contributed by atoms with Crippen molar-refractivity contribution < 1.29 is 14.4 Å². The second-order valence-corrected chi connectivity index (χ2v) is 7.08. The van der Waals surface area contributed by atoms with E-state index in [0.29, 0.717) is 23.8 Å². The van der Waals surface area contributed by atoms with Crippen LogP contribution in [0.4, 0.5) is 0 Å². The second kappa shape index (κ2) is 9.78. The van der Waals surface area contributed by atoms with Gasteiger partial charge in [0.2, 0.25) is 0 Å². The van der Waals surface area contributed by atoms with Gasteiger partial charge in [0, 0.05) is 13.1 Å². The van der Waals surface area contributed by atoms with E-state index < -0.39 is 0 Å². The summed E-state index contributed by atoms with van der Waals surface area (Å²) in [5.74, 6) is 1.42. The lowest BCUT2D eigenvalue weighted by atomic mass is 9.99. The highest BCUT2D eigenvalue weighted by molar-refractivity contribution is 5.99. The molecule has 2 aromatic carbocycles. The van der Waals surface area contributed by atoms with Crippen LogP contribution in [0.15, 0.2) is 59.8 Å². The zero-order valence-electron chi connectivity index (χ0n) is 16.2. The van der Waals surface area contributed by atoms with Gasteiger partial charge in [0.05, 0.1) is 5.56 Å². The molecule has 6 nitrogen and oxygen atoms in total. The third kappa shape index (κ3) is 5.49. The van der Waals surface area contributed by atoms with Crippen molar-refractivity contribution in [3.63, 3.8) is 0 Å². The van der Waals surface area contributed by atoms with Gasteiger partial charge >= 0.3 is 0 Å². The number of oxime groups is 1. The van der Waals surface area contributed by atoms with Crippen molar-refractivity contribution in [2.24, 2.45) is 16.8 Å². The zero-order valence-corrected chi connectivity index (χ0v) is 16.2. The molecule has 1 fully saturated rings. The van der Waals surface area contributed by atoms with Gasteiger partial charge in [-0.1, -0.05) is 54.5 Å². The summed E-state index contributed by atoms with van der Waals surface area (Å²) in [6.45, 7) is 4.08. The first kappa shape index (κ1) is 19.7. The highest BCUT2D eigenvalue weighted by Gasteiger charge is 2.20. The molecule has 0 bridgehead atoms. The Labute approximate surface area is 165 Å². The molecule has 0 spiro atoms. The summed E-state index contributed by atoms with van der Waals surface area (Å²) in [5.41, 5.74) is 7.77. The van der Waals surface area contributed by atoms with E-state index in [1.165, 1.54) is 0 Å². The summed E-state index contributed by atoms with van der Waals surface area (Å²) in [4.78, 5) is 19.3. The molecule has 2 aromatic rings. The topological polar surface area (TPSA) is 77.2 Å². The molecule has 0 radical (unpaired) electrons. The molecule has 1 aliphatic rings. The number of para-hydroxylation sites is 1. The number of amides is 1. The molecule has 1 heterocycles. The molecule has 0 atom stereocenters. The lowest BCUT2D eigenvalue weighted by Crippen LogP contribution is -2.39. The predicted octanol–water partition coefficient (Wildman–Crippen LogP) is 3.16. The molecule has 2 N–H and O–H groups in total. The maximum atomic E-state index is 12.2. The maximum Gasteiger partial charge on any atom is 0.263 e. The van der Waals surface area contributed by atoms with Gasteiger partial charge in [-0.05, 0) is 36.5 Å². The van der Waals surface area contributed by atoms with E-state index in [1.807, 2.05) is 59.5 Å². The Morgan fingerprint density at radius 3 is 2.54 bits per heavy atom. The Balaban J connectivity index is 1.56. The first-order chi connectivity index (χ1) is 13.6. The van der Waals surface area contributed by atoms with E-state index in [2.05, 4.69) is 12.1 Å². The average Bonchev–Trinajstić information content (AvgIpc) is 2.73. The SMILES string of the molecule is CC1CCN(C(=O)CON=C(N)c2ccccc2OCc2ccccc2)CC1. The van der Waals surface area contributed by atoms with Gasteiger partial charge in [0.15, 0.2) is 12.4 Å². The van der Waals surface area contributed by atoms with Gasteiger partial charge in [0.25, 0.3) is 5.91 Å². The largest absolute Gasteiger partial charge is 0.488 e. The second-order valence-electron chi connectivity index (χ2n) is 7.08. The third-order valence-electron chi connectivity index (χ3n) is 4.89. The number of hydrogen-bond acceptors (Lipinski definition) is 4. The molecule has 1 saturated heterocycles. The van der Waals surface area contributed by atoms with Crippen molar-refractivity contribution in [2.75, 3.05) is 19.7 Å². The van der Waals surface area contributed by atoms with Crippen molar-refractivity contribution in [3.8, 4) is 5.75 Å². The van der Waals surface area contributed by atoms with Crippen LogP contribution in [0.5, 0.6) is 5.75 Å². The van der Waals surface area contributed by atoms with E-state index in [9.17, 15) is 4.79 Å².